The van der Waals surface area contributed by atoms with E-state index in [1.807, 2.05) is 30.3 Å². The molecule has 4 heterocycles. The Morgan fingerprint density at radius 3 is 2.55 bits per heavy atom. The van der Waals surface area contributed by atoms with Crippen LogP contribution in [0.5, 0.6) is 0 Å². The lowest BCUT2D eigenvalue weighted by Crippen LogP contribution is -2.35. The number of rotatable bonds is 9. The minimum Gasteiger partial charge on any atom is -0.467 e. The fourth-order valence-corrected chi connectivity index (χ4v) is 5.95. The van der Waals surface area contributed by atoms with Gasteiger partial charge in [0.2, 0.25) is 5.91 Å². The zero-order valence-electron chi connectivity index (χ0n) is 20.8. The number of anilines is 1. The number of carbonyl (C=O) groups excluding carboxylic acids is 2. The van der Waals surface area contributed by atoms with E-state index in [1.54, 1.807) is 35.4 Å². The maximum atomic E-state index is 13.4. The highest BCUT2D eigenvalue weighted by atomic mass is 35.5. The first-order valence-corrected chi connectivity index (χ1v) is 14.2. The second-order valence-corrected chi connectivity index (χ2v) is 11.4. The number of thiocarbonyl (C=S) groups is 1. The lowest BCUT2D eigenvalue weighted by Gasteiger charge is -2.26. The van der Waals surface area contributed by atoms with E-state index < -0.39 is 0 Å². The lowest BCUT2D eigenvalue weighted by molar-refractivity contribution is -0.133. The van der Waals surface area contributed by atoms with E-state index in [9.17, 15) is 9.59 Å². The predicted molar refractivity (Wildman–Crippen MR) is 154 cm³/mol. The normalized spacial score (nSPS) is 17.0. The molecule has 2 aromatic heterocycles. The van der Waals surface area contributed by atoms with Crippen LogP contribution < -0.4 is 4.90 Å². The molecule has 198 valence electrons. The van der Waals surface area contributed by atoms with Crippen molar-refractivity contribution in [1.82, 2.24) is 9.80 Å². The van der Waals surface area contributed by atoms with Gasteiger partial charge in [-0.1, -0.05) is 47.7 Å². The summed E-state index contributed by atoms with van der Waals surface area (Å²) in [6.45, 7) is 2.78. The minimum absolute atomic E-state index is 0.118. The third-order valence-corrected chi connectivity index (χ3v) is 8.16. The number of furan rings is 2. The Morgan fingerprint density at radius 2 is 1.82 bits per heavy atom. The quantitative estimate of drug-likeness (QED) is 0.220. The molecule has 3 aromatic rings. The standard InChI is InChI=1S/C28H28ClN3O4S2/c29-21-8-6-20(7-9-21)17-24-27(34)32(28(37)38-24)15-12-25(33)31(18-22-5-4-16-35-22)19-23-10-11-26(36-23)30-13-2-1-3-14-30/h4-11,16-17H,1-3,12-15,18-19H2/b24-17-. The van der Waals surface area contributed by atoms with Crippen LogP contribution in [0.15, 0.2) is 68.5 Å². The van der Waals surface area contributed by atoms with E-state index in [-0.39, 0.29) is 24.8 Å². The van der Waals surface area contributed by atoms with Crippen molar-refractivity contribution >= 4 is 63.7 Å². The van der Waals surface area contributed by atoms with E-state index in [0.717, 1.165) is 37.4 Å². The number of piperidine rings is 1. The molecule has 7 nitrogen and oxygen atoms in total. The summed E-state index contributed by atoms with van der Waals surface area (Å²) in [5.74, 6) is 1.92. The largest absolute Gasteiger partial charge is 0.467 e. The van der Waals surface area contributed by atoms with Crippen LogP contribution in [0.2, 0.25) is 5.02 Å². The molecule has 38 heavy (non-hydrogen) atoms. The Bertz CT molecular complexity index is 1310. The van der Waals surface area contributed by atoms with Crippen molar-refractivity contribution < 1.29 is 18.4 Å². The SMILES string of the molecule is O=C(CCN1C(=O)/C(=C/c2ccc(Cl)cc2)SC1=S)N(Cc1ccco1)Cc1ccc(N2CCCCC2)o1. The average molecular weight is 570 g/mol. The number of thioether (sulfide) groups is 1. The second-order valence-electron chi connectivity index (χ2n) is 9.25. The van der Waals surface area contributed by atoms with Crippen LogP contribution in [0.3, 0.4) is 0 Å². The summed E-state index contributed by atoms with van der Waals surface area (Å²) in [7, 11) is 0. The molecule has 0 bridgehead atoms. The molecule has 0 spiro atoms. The third kappa shape index (κ3) is 6.51. The molecule has 1 aromatic carbocycles. The van der Waals surface area contributed by atoms with Crippen LogP contribution in [-0.2, 0) is 22.7 Å². The fraction of sp³-hybridized carbons (Fsp3) is 0.321. The molecular weight excluding hydrogens is 542 g/mol. The van der Waals surface area contributed by atoms with Crippen LogP contribution in [0.25, 0.3) is 6.08 Å². The average Bonchev–Trinajstić information content (AvgIpc) is 3.67. The highest BCUT2D eigenvalue weighted by Crippen LogP contribution is 2.33. The third-order valence-electron chi connectivity index (χ3n) is 6.53. The van der Waals surface area contributed by atoms with Crippen molar-refractivity contribution in [2.75, 3.05) is 24.5 Å². The van der Waals surface area contributed by atoms with Gasteiger partial charge in [-0.15, -0.1) is 0 Å². The summed E-state index contributed by atoms with van der Waals surface area (Å²) < 4.78 is 12.1. The molecule has 2 aliphatic rings. The van der Waals surface area contributed by atoms with E-state index >= 15 is 0 Å². The van der Waals surface area contributed by atoms with Crippen molar-refractivity contribution in [3.8, 4) is 0 Å². The lowest BCUT2D eigenvalue weighted by atomic mass is 10.1. The molecule has 2 amide bonds. The van der Waals surface area contributed by atoms with Crippen LogP contribution in [0, 0.1) is 0 Å². The molecule has 2 saturated heterocycles. The van der Waals surface area contributed by atoms with Crippen molar-refractivity contribution in [2.45, 2.75) is 38.8 Å². The maximum Gasteiger partial charge on any atom is 0.266 e. The summed E-state index contributed by atoms with van der Waals surface area (Å²) in [5.41, 5.74) is 0.859. The van der Waals surface area contributed by atoms with Gasteiger partial charge in [-0.05, 0) is 61.2 Å². The fourth-order valence-electron chi connectivity index (χ4n) is 4.52. The summed E-state index contributed by atoms with van der Waals surface area (Å²) in [6.07, 6.45) is 7.07. The maximum absolute atomic E-state index is 13.4. The van der Waals surface area contributed by atoms with Gasteiger partial charge in [0.05, 0.1) is 24.3 Å². The molecule has 0 aliphatic carbocycles. The van der Waals surface area contributed by atoms with E-state index in [4.69, 9.17) is 32.7 Å². The minimum atomic E-state index is -0.197. The Hall–Kier alpha value is -3.01. The van der Waals surface area contributed by atoms with Crippen LogP contribution in [0.1, 0.15) is 42.8 Å². The number of halogens is 1. The topological polar surface area (TPSA) is 70.1 Å². The first kappa shape index (κ1) is 26.6. The molecule has 0 atom stereocenters. The number of hydrogen-bond donors (Lipinski definition) is 0. The van der Waals surface area contributed by atoms with Crippen molar-refractivity contribution in [2.24, 2.45) is 0 Å². The highest BCUT2D eigenvalue weighted by Gasteiger charge is 2.32. The van der Waals surface area contributed by atoms with Crippen molar-refractivity contribution in [1.29, 1.82) is 0 Å². The molecular formula is C28H28ClN3O4S2. The van der Waals surface area contributed by atoms with Crippen molar-refractivity contribution in [3.63, 3.8) is 0 Å². The van der Waals surface area contributed by atoms with Gasteiger partial charge in [-0.2, -0.15) is 0 Å². The summed E-state index contributed by atoms with van der Waals surface area (Å²) >= 11 is 12.7. The molecule has 0 N–H and O–H groups in total. The van der Waals surface area contributed by atoms with Gasteiger partial charge in [0.15, 0.2) is 5.88 Å². The zero-order valence-corrected chi connectivity index (χ0v) is 23.2. The summed E-state index contributed by atoms with van der Waals surface area (Å²) in [4.78, 5) is 32.4. The summed E-state index contributed by atoms with van der Waals surface area (Å²) in [6, 6.07) is 14.8. The van der Waals surface area contributed by atoms with E-state index in [1.165, 1.54) is 23.1 Å². The van der Waals surface area contributed by atoms with Gasteiger partial charge in [-0.3, -0.25) is 14.5 Å². The highest BCUT2D eigenvalue weighted by molar-refractivity contribution is 8.26. The Balaban J connectivity index is 1.24. The van der Waals surface area contributed by atoms with Crippen LogP contribution >= 0.6 is 35.6 Å². The van der Waals surface area contributed by atoms with Gasteiger partial charge in [0.25, 0.3) is 5.91 Å². The first-order valence-electron chi connectivity index (χ1n) is 12.6. The van der Waals surface area contributed by atoms with Gasteiger partial charge in [-0.25, -0.2) is 0 Å². The first-order chi connectivity index (χ1) is 18.5. The van der Waals surface area contributed by atoms with E-state index in [0.29, 0.717) is 38.9 Å². The molecule has 5 rings (SSSR count). The van der Waals surface area contributed by atoms with Gasteiger partial charge < -0.3 is 18.6 Å². The number of hydrogen-bond acceptors (Lipinski definition) is 7. The number of benzene rings is 1. The number of carbonyl (C=O) groups is 2. The number of amides is 2. The summed E-state index contributed by atoms with van der Waals surface area (Å²) in [5, 5.41) is 0.629. The smallest absolute Gasteiger partial charge is 0.266 e. The molecule has 0 unspecified atom stereocenters. The Morgan fingerprint density at radius 1 is 1.05 bits per heavy atom. The monoisotopic (exact) mass is 569 g/mol. The van der Waals surface area contributed by atoms with Crippen LogP contribution in [0.4, 0.5) is 5.88 Å². The molecule has 0 radical (unpaired) electrons. The van der Waals surface area contributed by atoms with Gasteiger partial charge in [0, 0.05) is 37.1 Å². The van der Waals surface area contributed by atoms with Gasteiger partial charge >= 0.3 is 0 Å². The Labute approximate surface area is 236 Å². The molecule has 2 aliphatic heterocycles. The zero-order chi connectivity index (χ0) is 26.5. The molecule has 2 fully saturated rings. The van der Waals surface area contributed by atoms with Gasteiger partial charge in [0.1, 0.15) is 15.8 Å². The predicted octanol–water partition coefficient (Wildman–Crippen LogP) is 6.34. The second kappa shape index (κ2) is 12.2. The van der Waals surface area contributed by atoms with Crippen molar-refractivity contribution in [3.05, 3.63) is 81.8 Å². The molecule has 0 saturated carbocycles. The number of nitrogens with zero attached hydrogens (tertiary/aromatic N) is 3. The van der Waals surface area contributed by atoms with Crippen LogP contribution in [-0.4, -0.2) is 45.6 Å². The Kier molecular flexibility index (Phi) is 8.56. The molecule has 10 heteroatoms. The van der Waals surface area contributed by atoms with E-state index in [2.05, 4.69) is 4.90 Å².